The van der Waals surface area contributed by atoms with E-state index in [1.165, 1.54) is 18.2 Å². The highest BCUT2D eigenvalue weighted by Crippen LogP contribution is 2.39. The van der Waals surface area contributed by atoms with Crippen LogP contribution in [0.2, 0.25) is 5.02 Å². The Kier molecular flexibility index (Phi) is 8.22. The molecule has 1 fully saturated rings. The molecule has 1 amide bonds. The Morgan fingerprint density at radius 1 is 1.02 bits per heavy atom. The van der Waals surface area contributed by atoms with Crippen LogP contribution in [-0.2, 0) is 35.0 Å². The standard InChI is InChI=1S/C25H18ClF8N3O3/c26-14-2-4-17(27)13(5-14)10-40-15-6-12(7-15)23(39)35-9-11-1-3-16(24(29,30)31)20(21(11)28)22-36-18(25(32,33)34)8-19(38)37-22/h1-5,8,12,15H,6-7,9-10H2,(H,35,39)(H,36,37,38)/t12-,15-. The van der Waals surface area contributed by atoms with Gasteiger partial charge in [0.05, 0.1) is 23.8 Å². The van der Waals surface area contributed by atoms with E-state index in [-0.39, 0.29) is 37.2 Å². The molecule has 0 aliphatic heterocycles. The Hall–Kier alpha value is -3.52. The van der Waals surface area contributed by atoms with Crippen LogP contribution in [0.5, 0.6) is 0 Å². The molecule has 0 atom stereocenters. The number of nitrogens with one attached hydrogen (secondary N) is 2. The highest BCUT2D eigenvalue weighted by Gasteiger charge is 2.39. The van der Waals surface area contributed by atoms with Crippen molar-refractivity contribution in [2.24, 2.45) is 5.92 Å². The second-order valence-electron chi connectivity index (χ2n) is 8.99. The molecule has 1 aliphatic rings. The Balaban J connectivity index is 1.46. The maximum absolute atomic E-state index is 15.3. The van der Waals surface area contributed by atoms with Crippen LogP contribution in [0.25, 0.3) is 11.4 Å². The predicted molar refractivity (Wildman–Crippen MR) is 125 cm³/mol. The molecule has 1 saturated carbocycles. The van der Waals surface area contributed by atoms with Gasteiger partial charge in [-0.2, -0.15) is 26.3 Å². The summed E-state index contributed by atoms with van der Waals surface area (Å²) >= 11 is 5.83. The van der Waals surface area contributed by atoms with E-state index in [2.05, 4.69) is 10.3 Å². The van der Waals surface area contributed by atoms with E-state index < -0.39 is 76.1 Å². The molecule has 1 heterocycles. The summed E-state index contributed by atoms with van der Waals surface area (Å²) in [4.78, 5) is 28.9. The monoisotopic (exact) mass is 595 g/mol. The second kappa shape index (κ2) is 11.2. The van der Waals surface area contributed by atoms with Gasteiger partial charge in [-0.05, 0) is 37.1 Å². The van der Waals surface area contributed by atoms with E-state index in [1.807, 2.05) is 0 Å². The van der Waals surface area contributed by atoms with Crippen LogP contribution in [0.1, 0.15) is 35.2 Å². The van der Waals surface area contributed by atoms with Crippen LogP contribution >= 0.6 is 11.6 Å². The summed E-state index contributed by atoms with van der Waals surface area (Å²) in [6.45, 7) is -0.689. The number of H-pyrrole nitrogens is 1. The minimum absolute atomic E-state index is 0.0276. The molecular weight excluding hydrogens is 578 g/mol. The molecule has 0 unspecified atom stereocenters. The number of carbonyl (C=O) groups is 1. The molecule has 214 valence electrons. The lowest BCUT2D eigenvalue weighted by Gasteiger charge is -2.34. The van der Waals surface area contributed by atoms with E-state index in [4.69, 9.17) is 16.3 Å². The summed E-state index contributed by atoms with van der Waals surface area (Å²) in [5, 5.41) is 2.69. The first kappa shape index (κ1) is 29.5. The number of rotatable bonds is 7. The summed E-state index contributed by atoms with van der Waals surface area (Å²) in [5.74, 6) is -4.54. The SMILES string of the molecule is O=c1cc(C(F)(F)F)nc(-c2c(C(F)(F)F)ccc(CNC(=O)[C@H]3C[C@H](OCc4cc(Cl)ccc4F)C3)c2F)[nH]1. The Morgan fingerprint density at radius 2 is 1.73 bits per heavy atom. The van der Waals surface area contributed by atoms with Gasteiger partial charge in [0.1, 0.15) is 17.5 Å². The zero-order valence-electron chi connectivity index (χ0n) is 20.0. The number of alkyl halides is 6. The first-order valence-electron chi connectivity index (χ1n) is 11.5. The van der Waals surface area contributed by atoms with Crippen molar-refractivity contribution in [3.05, 3.63) is 85.8 Å². The van der Waals surface area contributed by atoms with Crippen LogP contribution in [0.4, 0.5) is 35.1 Å². The molecule has 15 heteroatoms. The number of carbonyl (C=O) groups excluding carboxylic acids is 1. The van der Waals surface area contributed by atoms with E-state index in [9.17, 15) is 40.3 Å². The molecule has 4 rings (SSSR count). The van der Waals surface area contributed by atoms with Crippen molar-refractivity contribution in [2.45, 2.75) is 44.4 Å². The molecule has 0 bridgehead atoms. The van der Waals surface area contributed by atoms with Crippen molar-refractivity contribution in [3.63, 3.8) is 0 Å². The smallest absolute Gasteiger partial charge is 0.373 e. The summed E-state index contributed by atoms with van der Waals surface area (Å²) < 4.78 is 115. The summed E-state index contributed by atoms with van der Waals surface area (Å²) in [6, 6.07) is 5.13. The summed E-state index contributed by atoms with van der Waals surface area (Å²) in [7, 11) is 0. The average Bonchev–Trinajstić information content (AvgIpc) is 2.82. The fourth-order valence-electron chi connectivity index (χ4n) is 4.05. The number of amides is 1. The van der Waals surface area contributed by atoms with Crippen molar-refractivity contribution in [3.8, 4) is 11.4 Å². The molecular formula is C25H18ClF8N3O3. The fraction of sp³-hybridized carbons (Fsp3) is 0.320. The molecule has 3 aromatic rings. The lowest BCUT2D eigenvalue weighted by atomic mass is 9.81. The van der Waals surface area contributed by atoms with E-state index in [0.29, 0.717) is 11.1 Å². The third kappa shape index (κ3) is 6.61. The zero-order chi connectivity index (χ0) is 29.4. The topological polar surface area (TPSA) is 84.1 Å². The van der Waals surface area contributed by atoms with Crippen molar-refractivity contribution < 1.29 is 44.7 Å². The summed E-state index contributed by atoms with van der Waals surface area (Å²) in [5.41, 5.74) is -6.57. The highest BCUT2D eigenvalue weighted by molar-refractivity contribution is 6.30. The van der Waals surface area contributed by atoms with Gasteiger partial charge in [0.25, 0.3) is 5.56 Å². The van der Waals surface area contributed by atoms with Crippen LogP contribution in [0.15, 0.2) is 41.2 Å². The molecule has 0 radical (unpaired) electrons. The first-order chi connectivity index (χ1) is 18.6. The number of halogens is 9. The second-order valence-corrected chi connectivity index (χ2v) is 9.43. The summed E-state index contributed by atoms with van der Waals surface area (Å²) in [6.07, 6.45) is -10.3. The van der Waals surface area contributed by atoms with Crippen molar-refractivity contribution in [2.75, 3.05) is 0 Å². The van der Waals surface area contributed by atoms with Gasteiger partial charge < -0.3 is 15.0 Å². The van der Waals surface area contributed by atoms with Crippen molar-refractivity contribution >= 4 is 17.5 Å². The lowest BCUT2D eigenvalue weighted by Crippen LogP contribution is -2.42. The van der Waals surface area contributed by atoms with Crippen molar-refractivity contribution in [1.29, 1.82) is 0 Å². The Bertz CT molecular complexity index is 1480. The number of hydrogen-bond acceptors (Lipinski definition) is 4. The molecule has 6 nitrogen and oxygen atoms in total. The fourth-order valence-corrected chi connectivity index (χ4v) is 4.24. The lowest BCUT2D eigenvalue weighted by molar-refractivity contribution is -0.141. The van der Waals surface area contributed by atoms with Crippen LogP contribution < -0.4 is 10.9 Å². The number of nitrogens with zero attached hydrogens (tertiary/aromatic N) is 1. The quantitative estimate of drug-likeness (QED) is 0.328. The van der Waals surface area contributed by atoms with Gasteiger partial charge in [0.15, 0.2) is 5.69 Å². The van der Waals surface area contributed by atoms with Gasteiger partial charge >= 0.3 is 12.4 Å². The number of aromatic amines is 1. The molecule has 1 aliphatic carbocycles. The average molecular weight is 596 g/mol. The third-order valence-corrected chi connectivity index (χ3v) is 6.43. The number of aromatic nitrogens is 2. The van der Waals surface area contributed by atoms with Gasteiger partial charge in [-0.1, -0.05) is 17.7 Å². The minimum Gasteiger partial charge on any atom is -0.373 e. The first-order valence-corrected chi connectivity index (χ1v) is 11.9. The normalized spacial score (nSPS) is 17.4. The van der Waals surface area contributed by atoms with Gasteiger partial charge in [-0.25, -0.2) is 13.8 Å². The minimum atomic E-state index is -5.21. The van der Waals surface area contributed by atoms with Crippen molar-refractivity contribution in [1.82, 2.24) is 15.3 Å². The molecule has 2 aromatic carbocycles. The zero-order valence-corrected chi connectivity index (χ0v) is 20.8. The van der Waals surface area contributed by atoms with Crippen LogP contribution in [0.3, 0.4) is 0 Å². The maximum Gasteiger partial charge on any atom is 0.433 e. The van der Waals surface area contributed by atoms with Gasteiger partial charge in [-0.15, -0.1) is 0 Å². The molecule has 0 spiro atoms. The van der Waals surface area contributed by atoms with Gasteiger partial charge in [-0.3, -0.25) is 9.59 Å². The van der Waals surface area contributed by atoms with E-state index >= 15 is 4.39 Å². The molecule has 40 heavy (non-hydrogen) atoms. The number of benzene rings is 2. The largest absolute Gasteiger partial charge is 0.433 e. The van der Waals surface area contributed by atoms with Gasteiger partial charge in [0.2, 0.25) is 5.91 Å². The molecule has 2 N–H and O–H groups in total. The molecule has 0 saturated heterocycles. The third-order valence-electron chi connectivity index (χ3n) is 6.20. The Morgan fingerprint density at radius 3 is 2.38 bits per heavy atom. The van der Waals surface area contributed by atoms with E-state index in [0.717, 1.165) is 6.07 Å². The number of ether oxygens (including phenoxy) is 1. The number of hydrogen-bond donors (Lipinski definition) is 2. The van der Waals surface area contributed by atoms with Crippen LogP contribution in [0, 0.1) is 17.6 Å². The van der Waals surface area contributed by atoms with Crippen LogP contribution in [-0.4, -0.2) is 22.0 Å². The molecule has 1 aromatic heterocycles. The van der Waals surface area contributed by atoms with E-state index in [1.54, 1.807) is 4.98 Å². The Labute approximate surface area is 225 Å². The highest BCUT2D eigenvalue weighted by atomic mass is 35.5. The van der Waals surface area contributed by atoms with Gasteiger partial charge in [0, 0.05) is 34.7 Å². The maximum atomic E-state index is 15.3. The predicted octanol–water partition coefficient (Wildman–Crippen LogP) is 6.02.